The molecule has 0 bridgehead atoms. The van der Waals surface area contributed by atoms with Gasteiger partial charge >= 0.3 is 0 Å². The van der Waals surface area contributed by atoms with Crippen LogP contribution in [0.25, 0.3) is 11.8 Å². The number of carbonyl (C=O) groups excluding carboxylic acids is 1. The predicted molar refractivity (Wildman–Crippen MR) is 124 cm³/mol. The molecule has 6 heteroatoms. The molecule has 152 valence electrons. The van der Waals surface area contributed by atoms with Gasteiger partial charge in [0.05, 0.1) is 17.7 Å². The fourth-order valence-electron chi connectivity index (χ4n) is 3.49. The quantitative estimate of drug-likeness (QED) is 0.586. The Balaban J connectivity index is 1.61. The third-order valence-electron chi connectivity index (χ3n) is 4.97. The SMILES string of the molecule is COc1ccc(N=C2NC(=O)/C(=C/c3cc(C)n(-c4cccc(C)c4)c3C)S2)cc1. The molecule has 1 saturated heterocycles. The smallest absolute Gasteiger partial charge is 0.264 e. The third-order valence-corrected chi connectivity index (χ3v) is 5.88. The average Bonchev–Trinajstić information content (AvgIpc) is 3.20. The number of aromatic nitrogens is 1. The first-order valence-electron chi connectivity index (χ1n) is 9.64. The van der Waals surface area contributed by atoms with E-state index in [2.05, 4.69) is 66.0 Å². The summed E-state index contributed by atoms with van der Waals surface area (Å²) in [6.45, 7) is 6.24. The number of nitrogens with zero attached hydrogens (tertiary/aromatic N) is 2. The van der Waals surface area contributed by atoms with Crippen LogP contribution in [0, 0.1) is 20.8 Å². The van der Waals surface area contributed by atoms with E-state index >= 15 is 0 Å². The molecule has 30 heavy (non-hydrogen) atoms. The number of rotatable bonds is 4. The van der Waals surface area contributed by atoms with E-state index in [1.165, 1.54) is 17.3 Å². The number of amidine groups is 1. The van der Waals surface area contributed by atoms with Gasteiger partial charge in [-0.25, -0.2) is 4.99 Å². The highest BCUT2D eigenvalue weighted by atomic mass is 32.2. The van der Waals surface area contributed by atoms with E-state index in [1.807, 2.05) is 30.3 Å². The monoisotopic (exact) mass is 417 g/mol. The van der Waals surface area contributed by atoms with E-state index in [0.29, 0.717) is 10.1 Å². The number of hydrogen-bond donors (Lipinski definition) is 1. The van der Waals surface area contributed by atoms with Gasteiger partial charge in [-0.3, -0.25) is 4.79 Å². The lowest BCUT2D eigenvalue weighted by Gasteiger charge is -2.10. The maximum absolute atomic E-state index is 12.5. The zero-order valence-corrected chi connectivity index (χ0v) is 18.2. The van der Waals surface area contributed by atoms with Crippen molar-refractivity contribution in [1.82, 2.24) is 9.88 Å². The molecule has 5 nitrogen and oxygen atoms in total. The van der Waals surface area contributed by atoms with Gasteiger partial charge < -0.3 is 14.6 Å². The summed E-state index contributed by atoms with van der Waals surface area (Å²) in [5.74, 6) is 0.638. The van der Waals surface area contributed by atoms with Crippen LogP contribution in [0.1, 0.15) is 22.5 Å². The summed E-state index contributed by atoms with van der Waals surface area (Å²) >= 11 is 1.35. The Labute approximate surface area is 180 Å². The second-order valence-corrected chi connectivity index (χ2v) is 8.21. The highest BCUT2D eigenvalue weighted by molar-refractivity contribution is 8.18. The van der Waals surface area contributed by atoms with E-state index in [-0.39, 0.29) is 5.91 Å². The van der Waals surface area contributed by atoms with Gasteiger partial charge in [-0.2, -0.15) is 0 Å². The number of methoxy groups -OCH3 is 1. The van der Waals surface area contributed by atoms with Crippen LogP contribution in [0.2, 0.25) is 0 Å². The normalized spacial score (nSPS) is 16.3. The molecular weight excluding hydrogens is 394 g/mol. The first-order chi connectivity index (χ1) is 14.4. The standard InChI is InChI=1S/C24H23N3O2S/c1-15-6-5-7-20(12-15)27-16(2)13-18(17(27)3)14-22-23(28)26-24(30-22)25-19-8-10-21(29-4)11-9-19/h5-14H,1-4H3,(H,25,26,28)/b22-14-. The van der Waals surface area contributed by atoms with E-state index in [1.54, 1.807) is 7.11 Å². The highest BCUT2D eigenvalue weighted by Gasteiger charge is 2.24. The van der Waals surface area contributed by atoms with Gasteiger partial charge in [-0.1, -0.05) is 12.1 Å². The Hall–Kier alpha value is -3.25. The number of aliphatic imine (C=N–C) groups is 1. The molecule has 1 aromatic heterocycles. The van der Waals surface area contributed by atoms with Crippen molar-refractivity contribution in [3.63, 3.8) is 0 Å². The maximum atomic E-state index is 12.5. The zero-order valence-electron chi connectivity index (χ0n) is 17.4. The molecule has 0 saturated carbocycles. The molecule has 4 rings (SSSR count). The van der Waals surface area contributed by atoms with Gasteiger partial charge in [0, 0.05) is 17.1 Å². The average molecular weight is 418 g/mol. The van der Waals surface area contributed by atoms with Crippen molar-refractivity contribution in [2.45, 2.75) is 20.8 Å². The van der Waals surface area contributed by atoms with Crippen molar-refractivity contribution in [3.05, 3.63) is 82.0 Å². The third kappa shape index (κ3) is 4.04. The fourth-order valence-corrected chi connectivity index (χ4v) is 4.33. The van der Waals surface area contributed by atoms with Crippen molar-refractivity contribution < 1.29 is 9.53 Å². The van der Waals surface area contributed by atoms with Gasteiger partial charge in [-0.05, 0) is 92.2 Å². The second-order valence-electron chi connectivity index (χ2n) is 7.18. The molecule has 1 N–H and O–H groups in total. The van der Waals surface area contributed by atoms with Gasteiger partial charge in [0.25, 0.3) is 5.91 Å². The van der Waals surface area contributed by atoms with Crippen LogP contribution in [0.5, 0.6) is 5.75 Å². The topological polar surface area (TPSA) is 55.6 Å². The fraction of sp³-hybridized carbons (Fsp3) is 0.167. The predicted octanol–water partition coefficient (Wildman–Crippen LogP) is 5.30. The van der Waals surface area contributed by atoms with Gasteiger partial charge in [0.2, 0.25) is 0 Å². The molecule has 1 amide bonds. The number of hydrogen-bond acceptors (Lipinski definition) is 4. The summed E-state index contributed by atoms with van der Waals surface area (Å²) in [6, 6.07) is 17.9. The molecule has 1 fully saturated rings. The Morgan fingerprint density at radius 1 is 1.07 bits per heavy atom. The second kappa shape index (κ2) is 8.24. The lowest BCUT2D eigenvalue weighted by atomic mass is 10.2. The molecule has 1 aliphatic rings. The summed E-state index contributed by atoms with van der Waals surface area (Å²) in [4.78, 5) is 17.6. The molecule has 0 radical (unpaired) electrons. The number of benzene rings is 2. The summed E-state index contributed by atoms with van der Waals surface area (Å²) in [5.41, 5.74) is 6.35. The molecule has 0 unspecified atom stereocenters. The number of ether oxygens (including phenoxy) is 1. The van der Waals surface area contributed by atoms with E-state index < -0.39 is 0 Å². The van der Waals surface area contributed by atoms with Crippen molar-refractivity contribution in [2.75, 3.05) is 7.11 Å². The van der Waals surface area contributed by atoms with Crippen LogP contribution in [0.4, 0.5) is 5.69 Å². The van der Waals surface area contributed by atoms with Gasteiger partial charge in [0.15, 0.2) is 5.17 Å². The number of nitrogens with one attached hydrogen (secondary N) is 1. The molecule has 0 spiro atoms. The lowest BCUT2D eigenvalue weighted by molar-refractivity contribution is -0.115. The van der Waals surface area contributed by atoms with E-state index in [9.17, 15) is 4.79 Å². The zero-order chi connectivity index (χ0) is 21.3. The molecule has 0 aliphatic carbocycles. The number of amides is 1. The van der Waals surface area contributed by atoms with Gasteiger partial charge in [-0.15, -0.1) is 0 Å². The Bertz CT molecular complexity index is 1170. The van der Waals surface area contributed by atoms with Crippen LogP contribution >= 0.6 is 11.8 Å². The minimum atomic E-state index is -0.132. The van der Waals surface area contributed by atoms with Crippen LogP contribution < -0.4 is 10.1 Å². The molecule has 1 aliphatic heterocycles. The minimum absolute atomic E-state index is 0.132. The molecule has 2 aromatic carbocycles. The Morgan fingerprint density at radius 3 is 2.53 bits per heavy atom. The van der Waals surface area contributed by atoms with E-state index in [4.69, 9.17) is 4.74 Å². The van der Waals surface area contributed by atoms with Crippen molar-refractivity contribution in [3.8, 4) is 11.4 Å². The summed E-state index contributed by atoms with van der Waals surface area (Å²) in [6.07, 6.45) is 1.94. The van der Waals surface area contributed by atoms with Crippen molar-refractivity contribution in [2.24, 2.45) is 4.99 Å². The number of carbonyl (C=O) groups is 1. The molecule has 2 heterocycles. The number of thioether (sulfide) groups is 1. The van der Waals surface area contributed by atoms with Crippen LogP contribution in [0.15, 0.2) is 64.5 Å². The Morgan fingerprint density at radius 2 is 1.83 bits per heavy atom. The highest BCUT2D eigenvalue weighted by Crippen LogP contribution is 2.31. The first kappa shape index (κ1) is 20.0. The van der Waals surface area contributed by atoms with Crippen molar-refractivity contribution >= 4 is 34.6 Å². The first-order valence-corrected chi connectivity index (χ1v) is 10.5. The summed E-state index contributed by atoms with van der Waals surface area (Å²) in [5, 5.41) is 3.42. The lowest BCUT2D eigenvalue weighted by Crippen LogP contribution is -2.19. The maximum Gasteiger partial charge on any atom is 0.264 e. The molecule has 0 atom stereocenters. The van der Waals surface area contributed by atoms with Crippen molar-refractivity contribution in [1.29, 1.82) is 0 Å². The van der Waals surface area contributed by atoms with Crippen LogP contribution in [-0.2, 0) is 4.79 Å². The van der Waals surface area contributed by atoms with Gasteiger partial charge in [0.1, 0.15) is 5.75 Å². The molecule has 3 aromatic rings. The Kier molecular flexibility index (Phi) is 5.50. The van der Waals surface area contributed by atoms with Crippen LogP contribution in [-0.4, -0.2) is 22.8 Å². The summed E-state index contributed by atoms with van der Waals surface area (Å²) < 4.78 is 7.38. The number of aryl methyl sites for hydroxylation is 2. The minimum Gasteiger partial charge on any atom is -0.497 e. The largest absolute Gasteiger partial charge is 0.497 e. The van der Waals surface area contributed by atoms with Crippen LogP contribution in [0.3, 0.4) is 0 Å². The molecular formula is C24H23N3O2S. The summed E-state index contributed by atoms with van der Waals surface area (Å²) in [7, 11) is 1.63. The van der Waals surface area contributed by atoms with E-state index in [0.717, 1.165) is 34.1 Å².